The monoisotopic (exact) mass is 245 g/mol. The molecule has 16 heavy (non-hydrogen) atoms. The van der Waals surface area contributed by atoms with Gasteiger partial charge in [-0.15, -0.1) is 0 Å². The van der Waals surface area contributed by atoms with Crippen LogP contribution in [0.2, 0.25) is 0 Å². The molecule has 0 radical (unpaired) electrons. The first kappa shape index (κ1) is 14.8. The molecule has 0 aromatic carbocycles. The summed E-state index contributed by atoms with van der Waals surface area (Å²) in [5.74, 6) is -0.983. The summed E-state index contributed by atoms with van der Waals surface area (Å²) in [7, 11) is 0. The fraction of sp³-hybridized carbons (Fsp3) is 0.700. The van der Waals surface area contributed by atoms with Crippen molar-refractivity contribution in [2.45, 2.75) is 26.7 Å². The maximum absolute atomic E-state index is 11.5. The highest BCUT2D eigenvalue weighted by molar-refractivity contribution is 7.80. The van der Waals surface area contributed by atoms with Crippen LogP contribution in [-0.2, 0) is 9.59 Å². The highest BCUT2D eigenvalue weighted by atomic mass is 32.1. The van der Waals surface area contributed by atoms with E-state index >= 15 is 0 Å². The van der Waals surface area contributed by atoms with Crippen LogP contribution in [-0.4, -0.2) is 29.9 Å². The van der Waals surface area contributed by atoms with Crippen LogP contribution >= 0.6 is 12.2 Å². The van der Waals surface area contributed by atoms with Crippen molar-refractivity contribution >= 4 is 29.0 Å². The zero-order chi connectivity index (χ0) is 12.6. The lowest BCUT2D eigenvalue weighted by molar-refractivity contribution is -0.127. The molecule has 0 aromatic rings. The van der Waals surface area contributed by atoms with Crippen molar-refractivity contribution < 1.29 is 9.59 Å². The lowest BCUT2D eigenvalue weighted by Crippen LogP contribution is -2.42. The molecule has 92 valence electrons. The molecule has 0 aliphatic heterocycles. The Hall–Kier alpha value is -1.17. The second-order valence-electron chi connectivity index (χ2n) is 3.43. The minimum absolute atomic E-state index is 0.0298. The maximum Gasteiger partial charge on any atom is 0.239 e. The summed E-state index contributed by atoms with van der Waals surface area (Å²) in [6.07, 6.45) is 1.40. The van der Waals surface area contributed by atoms with Gasteiger partial charge in [0.1, 0.15) is 0 Å². The van der Waals surface area contributed by atoms with Crippen LogP contribution in [0.5, 0.6) is 0 Å². The quantitative estimate of drug-likeness (QED) is 0.549. The van der Waals surface area contributed by atoms with E-state index < -0.39 is 5.92 Å². The topological polar surface area (TPSA) is 84.2 Å². The molecule has 0 heterocycles. The Morgan fingerprint density at radius 2 is 1.94 bits per heavy atom. The number of hydrogen-bond donors (Lipinski definition) is 3. The van der Waals surface area contributed by atoms with Crippen LogP contribution in [0.1, 0.15) is 26.7 Å². The van der Waals surface area contributed by atoms with Crippen molar-refractivity contribution in [3.63, 3.8) is 0 Å². The zero-order valence-electron chi connectivity index (χ0n) is 9.71. The Morgan fingerprint density at radius 3 is 2.38 bits per heavy atom. The van der Waals surface area contributed by atoms with E-state index in [0.29, 0.717) is 13.0 Å². The maximum atomic E-state index is 11.5. The lowest BCUT2D eigenvalue weighted by Gasteiger charge is -2.13. The molecular weight excluding hydrogens is 226 g/mol. The molecule has 1 atom stereocenters. The van der Waals surface area contributed by atoms with Gasteiger partial charge in [-0.1, -0.05) is 26.1 Å². The Labute approximate surface area is 101 Å². The smallest absolute Gasteiger partial charge is 0.239 e. The van der Waals surface area contributed by atoms with Crippen LogP contribution < -0.4 is 16.4 Å². The molecular formula is C10H19N3O2S. The summed E-state index contributed by atoms with van der Waals surface area (Å²) in [4.78, 5) is 22.9. The van der Waals surface area contributed by atoms with Gasteiger partial charge in [0, 0.05) is 6.54 Å². The molecule has 0 aliphatic carbocycles. The van der Waals surface area contributed by atoms with Gasteiger partial charge in [0.15, 0.2) is 0 Å². The first-order valence-electron chi connectivity index (χ1n) is 5.36. The molecule has 0 fully saturated rings. The van der Waals surface area contributed by atoms with Gasteiger partial charge in [-0.2, -0.15) is 0 Å². The standard InChI is InChI=1S/C10H19N3O2S/c1-3-5-12-8(14)6-13-10(15)7(4-2)9(11)16/h7H,3-6H2,1-2H3,(H2,11,16)(H,12,14)(H,13,15). The van der Waals surface area contributed by atoms with Gasteiger partial charge in [-0.25, -0.2) is 0 Å². The molecule has 0 saturated carbocycles. The van der Waals surface area contributed by atoms with E-state index in [9.17, 15) is 9.59 Å². The van der Waals surface area contributed by atoms with E-state index in [4.69, 9.17) is 18.0 Å². The second-order valence-corrected chi connectivity index (χ2v) is 3.90. The van der Waals surface area contributed by atoms with Crippen molar-refractivity contribution in [3.05, 3.63) is 0 Å². The molecule has 0 spiro atoms. The largest absolute Gasteiger partial charge is 0.393 e. The predicted octanol–water partition coefficient (Wildman–Crippen LogP) is -0.0589. The van der Waals surface area contributed by atoms with Crippen LogP contribution in [0.15, 0.2) is 0 Å². The van der Waals surface area contributed by atoms with E-state index in [-0.39, 0.29) is 23.3 Å². The number of carbonyl (C=O) groups is 2. The Morgan fingerprint density at radius 1 is 1.31 bits per heavy atom. The second kappa shape index (κ2) is 8.04. The first-order chi connectivity index (χ1) is 7.52. The van der Waals surface area contributed by atoms with E-state index in [1.807, 2.05) is 13.8 Å². The van der Waals surface area contributed by atoms with Crippen LogP contribution in [0, 0.1) is 5.92 Å². The number of nitrogens with one attached hydrogen (secondary N) is 2. The van der Waals surface area contributed by atoms with Crippen LogP contribution in [0.4, 0.5) is 0 Å². The average molecular weight is 245 g/mol. The minimum Gasteiger partial charge on any atom is -0.393 e. The van der Waals surface area contributed by atoms with Crippen molar-refractivity contribution in [1.82, 2.24) is 10.6 Å². The fourth-order valence-electron chi connectivity index (χ4n) is 1.13. The third-order valence-electron chi connectivity index (χ3n) is 2.06. The number of hydrogen-bond acceptors (Lipinski definition) is 3. The Kier molecular flexibility index (Phi) is 7.45. The van der Waals surface area contributed by atoms with Crippen LogP contribution in [0.25, 0.3) is 0 Å². The summed E-state index contributed by atoms with van der Waals surface area (Å²) >= 11 is 4.76. The summed E-state index contributed by atoms with van der Waals surface area (Å²) in [6.45, 7) is 4.36. The van der Waals surface area contributed by atoms with Crippen molar-refractivity contribution in [2.75, 3.05) is 13.1 Å². The third-order valence-corrected chi connectivity index (χ3v) is 2.35. The Balaban J connectivity index is 3.96. The molecule has 4 N–H and O–H groups in total. The summed E-state index contributed by atoms with van der Waals surface area (Å²) in [6, 6.07) is 0. The van der Waals surface area contributed by atoms with Gasteiger partial charge in [-0.3, -0.25) is 9.59 Å². The normalized spacial score (nSPS) is 11.6. The number of rotatable bonds is 7. The number of carbonyl (C=O) groups excluding carboxylic acids is 2. The number of amides is 2. The van der Waals surface area contributed by atoms with Crippen molar-refractivity contribution in [2.24, 2.45) is 11.7 Å². The van der Waals surface area contributed by atoms with E-state index in [1.54, 1.807) is 0 Å². The predicted molar refractivity (Wildman–Crippen MR) is 66.9 cm³/mol. The van der Waals surface area contributed by atoms with Crippen molar-refractivity contribution in [3.8, 4) is 0 Å². The zero-order valence-corrected chi connectivity index (χ0v) is 10.5. The summed E-state index contributed by atoms with van der Waals surface area (Å²) in [5, 5.41) is 5.16. The molecule has 0 saturated heterocycles. The number of thiocarbonyl (C=S) groups is 1. The Bertz CT molecular complexity index is 269. The van der Waals surface area contributed by atoms with Crippen LogP contribution in [0.3, 0.4) is 0 Å². The van der Waals surface area contributed by atoms with Gasteiger partial charge in [0.2, 0.25) is 11.8 Å². The minimum atomic E-state index is -0.492. The molecule has 5 nitrogen and oxygen atoms in total. The molecule has 0 aliphatic rings. The molecule has 0 aromatic heterocycles. The SMILES string of the molecule is CCCNC(=O)CNC(=O)C(CC)C(N)=S. The fourth-order valence-corrected chi connectivity index (χ4v) is 1.41. The first-order valence-corrected chi connectivity index (χ1v) is 5.77. The molecule has 0 bridgehead atoms. The molecule has 2 amide bonds. The average Bonchev–Trinajstić information content (AvgIpc) is 2.23. The third kappa shape index (κ3) is 5.65. The summed E-state index contributed by atoms with van der Waals surface area (Å²) in [5.41, 5.74) is 5.40. The van der Waals surface area contributed by atoms with Gasteiger partial charge in [0.05, 0.1) is 17.5 Å². The number of nitrogens with two attached hydrogens (primary N) is 1. The molecule has 0 rings (SSSR count). The highest BCUT2D eigenvalue weighted by Gasteiger charge is 2.19. The summed E-state index contributed by atoms with van der Waals surface area (Å²) < 4.78 is 0. The highest BCUT2D eigenvalue weighted by Crippen LogP contribution is 2.02. The molecule has 1 unspecified atom stereocenters. The van der Waals surface area contributed by atoms with Crippen molar-refractivity contribution in [1.29, 1.82) is 0 Å². The van der Waals surface area contributed by atoms with Gasteiger partial charge >= 0.3 is 0 Å². The van der Waals surface area contributed by atoms with Gasteiger partial charge in [-0.05, 0) is 12.8 Å². The van der Waals surface area contributed by atoms with E-state index in [1.165, 1.54) is 0 Å². The van der Waals surface area contributed by atoms with Gasteiger partial charge in [0.25, 0.3) is 0 Å². The molecule has 6 heteroatoms. The van der Waals surface area contributed by atoms with Gasteiger partial charge < -0.3 is 16.4 Å². The lowest BCUT2D eigenvalue weighted by atomic mass is 10.1. The van der Waals surface area contributed by atoms with E-state index in [0.717, 1.165) is 6.42 Å². The van der Waals surface area contributed by atoms with E-state index in [2.05, 4.69) is 10.6 Å².